The molecule has 2 fully saturated rings. The van der Waals surface area contributed by atoms with Crippen molar-refractivity contribution >= 4 is 33.6 Å². The summed E-state index contributed by atoms with van der Waals surface area (Å²) >= 11 is 0. The van der Waals surface area contributed by atoms with Gasteiger partial charge in [0.2, 0.25) is 17.3 Å². The molecule has 0 atom stereocenters. The van der Waals surface area contributed by atoms with Gasteiger partial charge in [-0.25, -0.2) is 18.7 Å². The van der Waals surface area contributed by atoms with E-state index in [4.69, 9.17) is 18.9 Å². The van der Waals surface area contributed by atoms with Crippen LogP contribution in [0.2, 0.25) is 0 Å². The first-order chi connectivity index (χ1) is 33.0. The van der Waals surface area contributed by atoms with Crippen LogP contribution in [0.1, 0.15) is 43.5 Å². The van der Waals surface area contributed by atoms with Crippen molar-refractivity contribution in [3.8, 4) is 34.0 Å². The number of methoxy groups -OCH3 is 2. The largest absolute Gasteiger partial charge is 0.632 e. The van der Waals surface area contributed by atoms with Gasteiger partial charge in [-0.05, 0) is 66.2 Å². The number of fused-ring (bicyclic) bond motifs is 2. The van der Waals surface area contributed by atoms with Crippen molar-refractivity contribution in [3.05, 3.63) is 165 Å². The number of benzene rings is 4. The maximum Gasteiger partial charge on any atom is 0.231 e. The van der Waals surface area contributed by atoms with Gasteiger partial charge >= 0.3 is 0 Å². The molecule has 8 aromatic rings. The van der Waals surface area contributed by atoms with Crippen LogP contribution in [-0.4, -0.2) is 113 Å². The van der Waals surface area contributed by atoms with Crippen molar-refractivity contribution in [1.29, 1.82) is 0 Å². The summed E-state index contributed by atoms with van der Waals surface area (Å²) in [5, 5.41) is 25.3. The average Bonchev–Trinajstić information content (AvgIpc) is 3.99. The van der Waals surface area contributed by atoms with Gasteiger partial charge in [-0.15, -0.1) is 0 Å². The third-order valence-electron chi connectivity index (χ3n) is 11.9. The number of quaternary nitrogens is 1. The molecule has 2 aliphatic heterocycles. The number of hydrogen-bond donors (Lipinski definition) is 2. The standard InChI is InChI=1S/C25H23FN4O5.C25H23FN4O3/c1-34-22-4-2-3-18(26)23(22)21-14-17(7-8-29(21)32)24(31)25-27-19-6-5-16(13-20(19)28-25)15-30(33)9-11-35-12-10-30;1-32-22-4-2-3-18(26)23(22)21-14-17(7-8-27-21)24(31)25-28-19-6-5-16(13-20(19)29-25)15-30-9-11-33-12-10-30/h2-8,13-14H,9-12,15H2,1H3,(H,27,28);2-8,13-14H,9-12,15H2,1H3,(H,28,29). The summed E-state index contributed by atoms with van der Waals surface area (Å²) in [6.45, 7) is 6.10. The van der Waals surface area contributed by atoms with E-state index in [-0.39, 0.29) is 50.2 Å². The summed E-state index contributed by atoms with van der Waals surface area (Å²) in [4.78, 5) is 48.0. The molecule has 2 N–H and O–H groups in total. The Kier molecular flexibility index (Phi) is 13.3. The molecule has 6 heterocycles. The van der Waals surface area contributed by atoms with Crippen LogP contribution in [0, 0.1) is 22.0 Å². The van der Waals surface area contributed by atoms with Crippen LogP contribution in [0.4, 0.5) is 8.78 Å². The topological polar surface area (TPSA) is 195 Å². The number of rotatable bonds is 12. The summed E-state index contributed by atoms with van der Waals surface area (Å²) in [6, 6.07) is 26.0. The van der Waals surface area contributed by atoms with Gasteiger partial charge in [-0.2, -0.15) is 4.73 Å². The molecule has 4 aromatic heterocycles. The molecule has 0 saturated carbocycles. The third kappa shape index (κ3) is 9.81. The number of morpholine rings is 2. The number of hydroxylamine groups is 3. The first-order valence-electron chi connectivity index (χ1n) is 21.9. The van der Waals surface area contributed by atoms with E-state index >= 15 is 0 Å². The van der Waals surface area contributed by atoms with Gasteiger partial charge in [0.1, 0.15) is 48.3 Å². The average molecular weight is 925 g/mol. The number of pyridine rings is 2. The maximum absolute atomic E-state index is 14.6. The summed E-state index contributed by atoms with van der Waals surface area (Å²) in [5.74, 6) is -1.04. The van der Waals surface area contributed by atoms with Crippen molar-refractivity contribution in [2.24, 2.45) is 0 Å². The van der Waals surface area contributed by atoms with E-state index in [0.717, 1.165) is 55.7 Å². The van der Waals surface area contributed by atoms with Crippen LogP contribution in [0.25, 0.3) is 44.6 Å². The van der Waals surface area contributed by atoms with Crippen LogP contribution in [0.15, 0.2) is 109 Å². The van der Waals surface area contributed by atoms with Gasteiger partial charge in [0.15, 0.2) is 17.8 Å². The number of imidazole rings is 2. The highest BCUT2D eigenvalue weighted by Crippen LogP contribution is 2.33. The summed E-state index contributed by atoms with van der Waals surface area (Å²) in [5.41, 5.74) is 5.65. The number of ether oxygens (including phenoxy) is 4. The van der Waals surface area contributed by atoms with E-state index in [2.05, 4.69) is 29.8 Å². The smallest absolute Gasteiger partial charge is 0.231 e. The Labute approximate surface area is 388 Å². The molecule has 10 rings (SSSR count). The number of carbonyl (C=O) groups is 2. The zero-order chi connectivity index (χ0) is 47.4. The maximum atomic E-state index is 14.6. The first-order valence-corrected chi connectivity index (χ1v) is 21.9. The lowest BCUT2D eigenvalue weighted by Gasteiger charge is -2.45. The van der Waals surface area contributed by atoms with Crippen LogP contribution in [-0.2, 0) is 22.6 Å². The minimum absolute atomic E-state index is 0.0355. The van der Waals surface area contributed by atoms with Gasteiger partial charge in [0, 0.05) is 54.7 Å². The van der Waals surface area contributed by atoms with Gasteiger partial charge in [-0.3, -0.25) is 19.5 Å². The molecule has 0 amide bonds. The lowest BCUT2D eigenvalue weighted by molar-refractivity contribution is -0.901. The molecule has 0 unspecified atom stereocenters. The Morgan fingerprint density at radius 2 is 1.31 bits per heavy atom. The number of aromatic nitrogens is 6. The number of ketones is 2. The lowest BCUT2D eigenvalue weighted by atomic mass is 10.0. The quantitative estimate of drug-likeness (QED) is 0.0557. The first kappa shape index (κ1) is 45.7. The number of halogens is 2. The minimum Gasteiger partial charge on any atom is -0.632 e. The zero-order valence-corrected chi connectivity index (χ0v) is 37.2. The molecular formula is C50H46F2N8O8. The molecule has 0 radical (unpaired) electrons. The lowest BCUT2D eigenvalue weighted by Crippen LogP contribution is -2.49. The SMILES string of the molecule is COc1cccc(F)c1-c1cc(C(=O)c2nc3ccc(CN4CCOCC4)cc3[nH]2)ccn1.COc1cccc(F)c1-c1cc(C(=O)c2nc3ccc(C[N+]4([O-])CCOCC4)cc3[nH]2)cc[n+]1[O-]. The van der Waals surface area contributed by atoms with Gasteiger partial charge in [-0.1, -0.05) is 24.3 Å². The Morgan fingerprint density at radius 3 is 1.96 bits per heavy atom. The van der Waals surface area contributed by atoms with E-state index in [1.807, 2.05) is 30.3 Å². The predicted octanol–water partition coefficient (Wildman–Crippen LogP) is 6.92. The number of carbonyl (C=O) groups excluding carboxylic acids is 2. The highest BCUT2D eigenvalue weighted by atomic mass is 19.1. The van der Waals surface area contributed by atoms with E-state index in [1.54, 1.807) is 30.3 Å². The molecule has 0 bridgehead atoms. The zero-order valence-electron chi connectivity index (χ0n) is 37.2. The number of hydrogen-bond acceptors (Lipinski definition) is 12. The van der Waals surface area contributed by atoms with Crippen LogP contribution in [0.5, 0.6) is 11.5 Å². The second-order valence-electron chi connectivity index (χ2n) is 16.4. The minimum atomic E-state index is -0.645. The number of nitrogens with one attached hydrogen (secondary N) is 2. The molecule has 16 nitrogen and oxygen atoms in total. The van der Waals surface area contributed by atoms with Crippen LogP contribution in [0.3, 0.4) is 0 Å². The molecule has 348 valence electrons. The Hall–Kier alpha value is -7.48. The predicted molar refractivity (Wildman–Crippen MR) is 247 cm³/mol. The van der Waals surface area contributed by atoms with E-state index in [1.165, 1.54) is 56.8 Å². The fourth-order valence-electron chi connectivity index (χ4n) is 8.35. The van der Waals surface area contributed by atoms with Crippen molar-refractivity contribution in [2.45, 2.75) is 13.1 Å². The van der Waals surface area contributed by atoms with Crippen LogP contribution < -0.4 is 14.2 Å². The Morgan fingerprint density at radius 1 is 0.735 bits per heavy atom. The fourth-order valence-corrected chi connectivity index (χ4v) is 8.35. The molecule has 2 saturated heterocycles. The van der Waals surface area contributed by atoms with E-state index in [9.17, 15) is 28.8 Å². The summed E-state index contributed by atoms with van der Waals surface area (Å²) in [7, 11) is 2.84. The van der Waals surface area contributed by atoms with Crippen molar-refractivity contribution < 1.29 is 46.7 Å². The molecule has 4 aromatic carbocycles. The molecule has 68 heavy (non-hydrogen) atoms. The van der Waals surface area contributed by atoms with Crippen molar-refractivity contribution in [1.82, 2.24) is 29.8 Å². The molecule has 2 aliphatic rings. The molecule has 0 spiro atoms. The summed E-state index contributed by atoms with van der Waals surface area (Å²) < 4.78 is 50.4. The second kappa shape index (κ2) is 19.8. The number of aromatic amines is 2. The second-order valence-corrected chi connectivity index (χ2v) is 16.4. The summed E-state index contributed by atoms with van der Waals surface area (Å²) in [6.07, 6.45) is 2.63. The van der Waals surface area contributed by atoms with Gasteiger partial charge < -0.3 is 44.0 Å². The van der Waals surface area contributed by atoms with E-state index < -0.39 is 17.4 Å². The van der Waals surface area contributed by atoms with Crippen molar-refractivity contribution in [2.75, 3.05) is 66.8 Å². The third-order valence-corrected chi connectivity index (χ3v) is 11.9. The molecule has 0 aliphatic carbocycles. The number of nitrogens with zero attached hydrogens (tertiary/aromatic N) is 6. The van der Waals surface area contributed by atoms with Gasteiger partial charge in [0.05, 0.1) is 74.0 Å². The van der Waals surface area contributed by atoms with Crippen molar-refractivity contribution in [3.63, 3.8) is 0 Å². The molecule has 18 heteroatoms. The Balaban J connectivity index is 0.000000170. The monoisotopic (exact) mass is 924 g/mol. The van der Waals surface area contributed by atoms with E-state index in [0.29, 0.717) is 71.1 Å². The normalized spacial score (nSPS) is 14.9. The number of H-pyrrole nitrogens is 2. The van der Waals surface area contributed by atoms with Crippen LogP contribution >= 0.6 is 0 Å². The fraction of sp³-hybridized carbons (Fsp3) is 0.240. The highest BCUT2D eigenvalue weighted by Gasteiger charge is 2.25. The van der Waals surface area contributed by atoms with Gasteiger partial charge in [0.25, 0.3) is 0 Å². The Bertz CT molecular complexity index is 3150. The molecular weight excluding hydrogens is 879 g/mol. The highest BCUT2D eigenvalue weighted by molar-refractivity contribution is 6.09.